The van der Waals surface area contributed by atoms with Crippen molar-refractivity contribution in [3.05, 3.63) is 68.1 Å². The molecule has 7 nitrogen and oxygen atoms in total. The third-order valence-electron chi connectivity index (χ3n) is 4.56. The minimum atomic E-state index is -0.522. The summed E-state index contributed by atoms with van der Waals surface area (Å²) in [5.74, 6) is -0.379. The minimum absolute atomic E-state index is 0.0735. The maximum absolute atomic E-state index is 12.7. The molecule has 130 valence electrons. The van der Waals surface area contributed by atoms with E-state index in [2.05, 4.69) is 4.98 Å². The number of rotatable bonds is 3. The predicted octanol–water partition coefficient (Wildman–Crippen LogP) is 1.15. The second-order valence-corrected chi connectivity index (χ2v) is 6.20. The Labute approximate surface area is 144 Å². The number of carbonyl (C=O) groups is 1. The monoisotopic (exact) mass is 340 g/mol. The van der Waals surface area contributed by atoms with Crippen molar-refractivity contribution in [2.24, 2.45) is 14.1 Å². The van der Waals surface area contributed by atoms with Gasteiger partial charge < -0.3 is 9.88 Å². The topological polar surface area (TPSA) is 80.1 Å². The Balaban J connectivity index is 1.94. The van der Waals surface area contributed by atoms with Crippen molar-refractivity contribution in [1.82, 2.24) is 19.0 Å². The lowest BCUT2D eigenvalue weighted by Gasteiger charge is -2.18. The van der Waals surface area contributed by atoms with Gasteiger partial charge in [-0.2, -0.15) is 0 Å². The molecule has 0 atom stereocenters. The van der Waals surface area contributed by atoms with Crippen molar-refractivity contribution in [2.45, 2.75) is 13.5 Å². The fourth-order valence-electron chi connectivity index (χ4n) is 2.94. The normalized spacial score (nSPS) is 11.0. The van der Waals surface area contributed by atoms with Crippen LogP contribution in [0.25, 0.3) is 10.9 Å². The van der Waals surface area contributed by atoms with Crippen LogP contribution >= 0.6 is 0 Å². The van der Waals surface area contributed by atoms with Gasteiger partial charge in [0.1, 0.15) is 5.69 Å². The smallest absolute Gasteiger partial charge is 0.331 e. The van der Waals surface area contributed by atoms with Gasteiger partial charge in [0, 0.05) is 43.8 Å². The summed E-state index contributed by atoms with van der Waals surface area (Å²) in [4.78, 5) is 41.4. The number of aryl methyl sites for hydroxylation is 1. The zero-order valence-corrected chi connectivity index (χ0v) is 14.7. The SMILES string of the molecule is Cc1c(CN(C)C(=O)c2cc(=O)n(C)c(=O)n2C)[nH]c2ccccc12. The molecule has 0 saturated heterocycles. The molecule has 0 bridgehead atoms. The lowest BCUT2D eigenvalue weighted by Crippen LogP contribution is -2.41. The maximum Gasteiger partial charge on any atom is 0.331 e. The Hall–Kier alpha value is -3.09. The Morgan fingerprint density at radius 1 is 1.16 bits per heavy atom. The van der Waals surface area contributed by atoms with Crippen molar-refractivity contribution in [1.29, 1.82) is 0 Å². The highest BCUT2D eigenvalue weighted by molar-refractivity contribution is 5.92. The molecule has 0 radical (unpaired) electrons. The minimum Gasteiger partial charge on any atom is -0.357 e. The van der Waals surface area contributed by atoms with E-state index >= 15 is 0 Å². The van der Waals surface area contributed by atoms with Crippen molar-refractivity contribution < 1.29 is 4.79 Å². The van der Waals surface area contributed by atoms with Crippen LogP contribution in [0.1, 0.15) is 21.7 Å². The summed E-state index contributed by atoms with van der Waals surface area (Å²) >= 11 is 0. The summed E-state index contributed by atoms with van der Waals surface area (Å²) < 4.78 is 2.16. The zero-order chi connectivity index (χ0) is 18.3. The molecule has 0 spiro atoms. The van der Waals surface area contributed by atoms with Gasteiger partial charge in [-0.15, -0.1) is 0 Å². The molecule has 2 aromatic heterocycles. The largest absolute Gasteiger partial charge is 0.357 e. The Bertz CT molecular complexity index is 1090. The number of aromatic nitrogens is 3. The molecule has 25 heavy (non-hydrogen) atoms. The van der Waals surface area contributed by atoms with Crippen LogP contribution in [0.5, 0.6) is 0 Å². The van der Waals surface area contributed by atoms with Gasteiger partial charge in [0.05, 0.1) is 6.54 Å². The summed E-state index contributed by atoms with van der Waals surface area (Å²) in [7, 11) is 4.52. The van der Waals surface area contributed by atoms with E-state index in [0.29, 0.717) is 6.54 Å². The van der Waals surface area contributed by atoms with Crippen molar-refractivity contribution in [3.63, 3.8) is 0 Å². The van der Waals surface area contributed by atoms with Crippen LogP contribution in [0, 0.1) is 6.92 Å². The van der Waals surface area contributed by atoms with Gasteiger partial charge in [-0.1, -0.05) is 18.2 Å². The second kappa shape index (κ2) is 6.08. The van der Waals surface area contributed by atoms with E-state index < -0.39 is 11.2 Å². The predicted molar refractivity (Wildman–Crippen MR) is 95.8 cm³/mol. The fourth-order valence-corrected chi connectivity index (χ4v) is 2.94. The van der Waals surface area contributed by atoms with Crippen LogP contribution in [0.15, 0.2) is 39.9 Å². The number of fused-ring (bicyclic) bond motifs is 1. The van der Waals surface area contributed by atoms with Crippen molar-refractivity contribution >= 4 is 16.8 Å². The third kappa shape index (κ3) is 2.77. The van der Waals surface area contributed by atoms with Gasteiger partial charge in [-0.3, -0.25) is 18.7 Å². The quantitative estimate of drug-likeness (QED) is 0.776. The molecule has 0 aliphatic carbocycles. The van der Waals surface area contributed by atoms with Crippen LogP contribution in [-0.2, 0) is 20.6 Å². The van der Waals surface area contributed by atoms with Crippen LogP contribution < -0.4 is 11.2 Å². The molecule has 1 amide bonds. The molecule has 3 rings (SSSR count). The highest BCUT2D eigenvalue weighted by Crippen LogP contribution is 2.22. The number of hydrogen-bond acceptors (Lipinski definition) is 3. The number of benzene rings is 1. The Morgan fingerprint density at radius 3 is 2.52 bits per heavy atom. The van der Waals surface area contributed by atoms with Gasteiger partial charge in [-0.25, -0.2) is 4.79 Å². The number of nitrogens with one attached hydrogen (secondary N) is 1. The number of H-pyrrole nitrogens is 1. The first kappa shape index (κ1) is 16.8. The van der Waals surface area contributed by atoms with Gasteiger partial charge in [-0.05, 0) is 18.6 Å². The molecule has 0 saturated carbocycles. The van der Waals surface area contributed by atoms with E-state index in [1.807, 2.05) is 31.2 Å². The van der Waals surface area contributed by atoms with Crippen LogP contribution in [0.4, 0.5) is 0 Å². The van der Waals surface area contributed by atoms with Crippen LogP contribution in [0.2, 0.25) is 0 Å². The fraction of sp³-hybridized carbons (Fsp3) is 0.278. The molecule has 3 aromatic rings. The van der Waals surface area contributed by atoms with E-state index in [4.69, 9.17) is 0 Å². The molecule has 0 fully saturated rings. The van der Waals surface area contributed by atoms with Crippen LogP contribution in [-0.4, -0.2) is 32.0 Å². The van der Waals surface area contributed by atoms with E-state index in [0.717, 1.165) is 26.7 Å². The number of carbonyl (C=O) groups excluding carboxylic acids is 1. The molecular weight excluding hydrogens is 320 g/mol. The Kier molecular flexibility index (Phi) is 4.08. The number of aromatic amines is 1. The standard InChI is InChI=1S/C18H20N4O3/c1-11-12-7-5-6-8-13(12)19-14(11)10-20(2)17(24)15-9-16(23)22(4)18(25)21(15)3/h5-9,19H,10H2,1-4H3. The molecule has 0 aliphatic rings. The summed E-state index contributed by atoms with van der Waals surface area (Å²) in [6.07, 6.45) is 0. The van der Waals surface area contributed by atoms with Gasteiger partial charge in [0.15, 0.2) is 0 Å². The number of hydrogen-bond donors (Lipinski definition) is 1. The first-order chi connectivity index (χ1) is 11.8. The second-order valence-electron chi connectivity index (χ2n) is 6.20. The molecule has 7 heteroatoms. The van der Waals surface area contributed by atoms with E-state index in [1.54, 1.807) is 7.05 Å². The highest BCUT2D eigenvalue weighted by Gasteiger charge is 2.19. The molecule has 1 aromatic carbocycles. The molecule has 0 unspecified atom stereocenters. The number of para-hydroxylation sites is 1. The lowest BCUT2D eigenvalue weighted by atomic mass is 10.1. The number of amides is 1. The van der Waals surface area contributed by atoms with E-state index in [1.165, 1.54) is 29.6 Å². The van der Waals surface area contributed by atoms with Crippen molar-refractivity contribution in [3.8, 4) is 0 Å². The van der Waals surface area contributed by atoms with Crippen molar-refractivity contribution in [2.75, 3.05) is 7.05 Å². The summed E-state index contributed by atoms with van der Waals surface area (Å²) in [6.45, 7) is 2.35. The van der Waals surface area contributed by atoms with E-state index in [9.17, 15) is 14.4 Å². The van der Waals surface area contributed by atoms with Crippen LogP contribution in [0.3, 0.4) is 0 Å². The van der Waals surface area contributed by atoms with Gasteiger partial charge in [0.2, 0.25) is 0 Å². The number of nitrogens with zero attached hydrogens (tertiary/aromatic N) is 3. The molecular formula is C18H20N4O3. The first-order valence-electron chi connectivity index (χ1n) is 7.90. The summed E-state index contributed by atoms with van der Waals surface area (Å²) in [5.41, 5.74) is 2.06. The summed E-state index contributed by atoms with van der Waals surface area (Å²) in [5, 5.41) is 1.11. The first-order valence-corrected chi connectivity index (χ1v) is 7.90. The van der Waals surface area contributed by atoms with Gasteiger partial charge >= 0.3 is 5.69 Å². The molecule has 0 aliphatic heterocycles. The third-order valence-corrected chi connectivity index (χ3v) is 4.56. The van der Waals surface area contributed by atoms with Gasteiger partial charge in [0.25, 0.3) is 11.5 Å². The maximum atomic E-state index is 12.7. The molecule has 1 N–H and O–H groups in total. The molecule has 2 heterocycles. The average molecular weight is 340 g/mol. The Morgan fingerprint density at radius 2 is 1.84 bits per heavy atom. The summed E-state index contributed by atoms with van der Waals surface area (Å²) in [6, 6.07) is 9.12. The zero-order valence-electron chi connectivity index (χ0n) is 14.7. The van der Waals surface area contributed by atoms with E-state index in [-0.39, 0.29) is 11.6 Å². The lowest BCUT2D eigenvalue weighted by molar-refractivity contribution is 0.0771. The average Bonchev–Trinajstić information content (AvgIpc) is 2.91. The highest BCUT2D eigenvalue weighted by atomic mass is 16.2.